The van der Waals surface area contributed by atoms with Gasteiger partial charge < -0.3 is 15.2 Å². The third-order valence-electron chi connectivity index (χ3n) is 4.98. The molecular formula is C23H26N2O5. The van der Waals surface area contributed by atoms with Crippen LogP contribution in [-0.2, 0) is 16.0 Å². The predicted molar refractivity (Wildman–Crippen MR) is 114 cm³/mol. The molecule has 158 valence electrons. The number of carboxylic acids is 1. The van der Waals surface area contributed by atoms with Crippen LogP contribution in [0.4, 0.5) is 11.4 Å². The first-order chi connectivity index (χ1) is 14.2. The fourth-order valence-corrected chi connectivity index (χ4v) is 3.34. The minimum atomic E-state index is -1.22. The van der Waals surface area contributed by atoms with E-state index in [1.165, 1.54) is 28.7 Å². The second-order valence-corrected chi connectivity index (χ2v) is 7.84. The van der Waals surface area contributed by atoms with Crippen molar-refractivity contribution in [2.45, 2.75) is 45.6 Å². The Bertz CT molecular complexity index is 966. The molecule has 0 saturated heterocycles. The zero-order valence-electron chi connectivity index (χ0n) is 17.4. The molecule has 7 nitrogen and oxygen atoms in total. The molecule has 0 atom stereocenters. The highest BCUT2D eigenvalue weighted by Crippen LogP contribution is 2.38. The molecular weight excluding hydrogens is 384 g/mol. The monoisotopic (exact) mass is 410 g/mol. The maximum atomic E-state index is 12.9. The summed E-state index contributed by atoms with van der Waals surface area (Å²) in [6.45, 7) is 5.11. The summed E-state index contributed by atoms with van der Waals surface area (Å²) in [5.74, 6) is -1.56. The van der Waals surface area contributed by atoms with Crippen molar-refractivity contribution in [3.63, 3.8) is 0 Å². The quantitative estimate of drug-likeness (QED) is 0.722. The van der Waals surface area contributed by atoms with Crippen molar-refractivity contribution in [1.29, 1.82) is 0 Å². The van der Waals surface area contributed by atoms with Crippen LogP contribution in [0.25, 0.3) is 0 Å². The van der Waals surface area contributed by atoms with Crippen LogP contribution in [0.5, 0.6) is 5.75 Å². The molecule has 2 amide bonds. The fraction of sp³-hybridized carbons (Fsp3) is 0.348. The minimum Gasteiger partial charge on any atom is -0.478 e. The number of unbranched alkanes of at least 4 members (excludes halogenated alkanes) is 1. The second kappa shape index (κ2) is 8.57. The molecule has 1 aliphatic heterocycles. The summed E-state index contributed by atoms with van der Waals surface area (Å²) in [5.41, 5.74) is 1.07. The van der Waals surface area contributed by atoms with Crippen LogP contribution in [0.3, 0.4) is 0 Å². The number of carboxylic acid groups (broad SMARTS) is 1. The maximum absolute atomic E-state index is 12.9. The molecule has 0 spiro atoms. The molecule has 2 N–H and O–H groups in total. The summed E-state index contributed by atoms with van der Waals surface area (Å²) in [5, 5.41) is 12.0. The molecule has 2 aromatic rings. The van der Waals surface area contributed by atoms with Crippen LogP contribution >= 0.6 is 0 Å². The molecule has 30 heavy (non-hydrogen) atoms. The van der Waals surface area contributed by atoms with Crippen LogP contribution in [0, 0.1) is 0 Å². The smallest absolute Gasteiger partial charge is 0.335 e. The molecule has 0 radical (unpaired) electrons. The summed E-state index contributed by atoms with van der Waals surface area (Å²) in [6.07, 6.45) is 3.23. The van der Waals surface area contributed by atoms with Crippen molar-refractivity contribution in [2.75, 3.05) is 16.8 Å². The van der Waals surface area contributed by atoms with E-state index in [2.05, 4.69) is 12.2 Å². The normalized spacial score (nSPS) is 14.6. The summed E-state index contributed by atoms with van der Waals surface area (Å²) in [6, 6.07) is 11.9. The molecule has 0 fully saturated rings. The number of amides is 2. The van der Waals surface area contributed by atoms with Gasteiger partial charge in [-0.25, -0.2) is 4.79 Å². The van der Waals surface area contributed by atoms with E-state index in [1.54, 1.807) is 13.8 Å². The zero-order valence-corrected chi connectivity index (χ0v) is 17.4. The van der Waals surface area contributed by atoms with Crippen molar-refractivity contribution < 1.29 is 24.2 Å². The Kier molecular flexibility index (Phi) is 6.10. The van der Waals surface area contributed by atoms with Gasteiger partial charge in [-0.05, 0) is 62.6 Å². The van der Waals surface area contributed by atoms with Crippen molar-refractivity contribution in [1.82, 2.24) is 0 Å². The lowest BCUT2D eigenvalue weighted by Crippen LogP contribution is -2.54. The average molecular weight is 410 g/mol. The maximum Gasteiger partial charge on any atom is 0.335 e. The summed E-state index contributed by atoms with van der Waals surface area (Å²) in [4.78, 5) is 38.1. The number of rotatable bonds is 7. The van der Waals surface area contributed by atoms with Crippen LogP contribution in [0.2, 0.25) is 0 Å². The van der Waals surface area contributed by atoms with Gasteiger partial charge in [0.05, 0.1) is 11.3 Å². The fourth-order valence-electron chi connectivity index (χ4n) is 3.34. The molecule has 7 heteroatoms. The van der Waals surface area contributed by atoms with Crippen LogP contribution in [-0.4, -0.2) is 35.0 Å². The first kappa shape index (κ1) is 21.4. The van der Waals surface area contributed by atoms with E-state index in [1.807, 2.05) is 24.3 Å². The van der Waals surface area contributed by atoms with Gasteiger partial charge in [-0.2, -0.15) is 0 Å². The van der Waals surface area contributed by atoms with Crippen LogP contribution < -0.4 is 15.0 Å². The van der Waals surface area contributed by atoms with Crippen molar-refractivity contribution in [3.8, 4) is 5.75 Å². The van der Waals surface area contributed by atoms with Gasteiger partial charge >= 0.3 is 5.97 Å². The Balaban J connectivity index is 1.77. The standard InChI is InChI=1S/C23H26N2O5/c1-4-5-6-15-7-10-17(11-8-15)24-20(26)14-25-18-12-9-16(21(27)28)13-19(18)30-23(2,3)22(25)29/h7-13H,4-6,14H2,1-3H3,(H,24,26)(H,27,28). The van der Waals surface area contributed by atoms with E-state index in [4.69, 9.17) is 4.74 Å². The second-order valence-electron chi connectivity index (χ2n) is 7.84. The van der Waals surface area contributed by atoms with Crippen molar-refractivity contribution >= 4 is 29.2 Å². The summed E-state index contributed by atoms with van der Waals surface area (Å²) in [7, 11) is 0. The molecule has 0 bridgehead atoms. The number of hydrogen-bond donors (Lipinski definition) is 2. The van der Waals surface area contributed by atoms with E-state index < -0.39 is 11.6 Å². The third-order valence-corrected chi connectivity index (χ3v) is 4.98. The van der Waals surface area contributed by atoms with E-state index in [0.717, 1.165) is 19.3 Å². The van der Waals surface area contributed by atoms with E-state index >= 15 is 0 Å². The molecule has 0 aromatic heterocycles. The predicted octanol–water partition coefficient (Wildman–Crippen LogP) is 3.87. The minimum absolute atomic E-state index is 0.0477. The van der Waals surface area contributed by atoms with Gasteiger partial charge in [0, 0.05) is 5.69 Å². The highest BCUT2D eigenvalue weighted by molar-refractivity contribution is 6.08. The zero-order chi connectivity index (χ0) is 21.9. The summed E-state index contributed by atoms with van der Waals surface area (Å²) < 4.78 is 5.71. The Morgan fingerprint density at radius 3 is 2.47 bits per heavy atom. The number of hydrogen-bond acceptors (Lipinski definition) is 4. The number of nitrogens with zero attached hydrogens (tertiary/aromatic N) is 1. The van der Waals surface area contributed by atoms with Gasteiger partial charge in [-0.15, -0.1) is 0 Å². The number of ether oxygens (including phenoxy) is 1. The van der Waals surface area contributed by atoms with Gasteiger partial charge in [-0.3, -0.25) is 14.5 Å². The SMILES string of the molecule is CCCCc1ccc(NC(=O)CN2C(=O)C(C)(C)Oc3cc(C(=O)O)ccc32)cc1. The highest BCUT2D eigenvalue weighted by Gasteiger charge is 2.41. The number of aromatic carboxylic acids is 1. The van der Waals surface area contributed by atoms with Gasteiger partial charge in [-0.1, -0.05) is 25.5 Å². The molecule has 2 aromatic carbocycles. The Morgan fingerprint density at radius 1 is 1.13 bits per heavy atom. The number of anilines is 2. The lowest BCUT2D eigenvalue weighted by atomic mass is 10.0. The lowest BCUT2D eigenvalue weighted by Gasteiger charge is -2.38. The molecule has 1 heterocycles. The highest BCUT2D eigenvalue weighted by atomic mass is 16.5. The largest absolute Gasteiger partial charge is 0.478 e. The Hall–Kier alpha value is -3.35. The van der Waals surface area contributed by atoms with Crippen molar-refractivity contribution in [3.05, 3.63) is 53.6 Å². The number of carbonyl (C=O) groups excluding carboxylic acids is 2. The van der Waals surface area contributed by atoms with E-state index in [9.17, 15) is 19.5 Å². The van der Waals surface area contributed by atoms with Crippen LogP contribution in [0.15, 0.2) is 42.5 Å². The first-order valence-electron chi connectivity index (χ1n) is 9.98. The van der Waals surface area contributed by atoms with Gasteiger partial charge in [0.15, 0.2) is 5.60 Å². The molecule has 0 saturated carbocycles. The average Bonchev–Trinajstić information content (AvgIpc) is 2.70. The van der Waals surface area contributed by atoms with E-state index in [0.29, 0.717) is 11.4 Å². The molecule has 1 aliphatic rings. The Morgan fingerprint density at radius 2 is 1.83 bits per heavy atom. The van der Waals surface area contributed by atoms with E-state index in [-0.39, 0.29) is 29.7 Å². The van der Waals surface area contributed by atoms with Gasteiger partial charge in [0.25, 0.3) is 5.91 Å². The number of carbonyl (C=O) groups is 3. The molecule has 0 unspecified atom stereocenters. The summed E-state index contributed by atoms with van der Waals surface area (Å²) >= 11 is 0. The first-order valence-corrected chi connectivity index (χ1v) is 9.98. The number of benzene rings is 2. The Labute approximate surface area is 175 Å². The number of aryl methyl sites for hydroxylation is 1. The van der Waals surface area contributed by atoms with Crippen molar-refractivity contribution in [2.24, 2.45) is 0 Å². The molecule has 0 aliphatic carbocycles. The van der Waals surface area contributed by atoms with Gasteiger partial charge in [0.1, 0.15) is 12.3 Å². The van der Waals surface area contributed by atoms with Crippen LogP contribution in [0.1, 0.15) is 49.5 Å². The molecule has 3 rings (SSSR count). The van der Waals surface area contributed by atoms with Gasteiger partial charge in [0.2, 0.25) is 5.91 Å². The number of nitrogens with one attached hydrogen (secondary N) is 1. The third kappa shape index (κ3) is 4.62. The topological polar surface area (TPSA) is 95.9 Å². The number of fused-ring (bicyclic) bond motifs is 1. The lowest BCUT2D eigenvalue weighted by molar-refractivity contribution is -0.133.